The highest BCUT2D eigenvalue weighted by Crippen LogP contribution is 2.18. The summed E-state index contributed by atoms with van der Waals surface area (Å²) in [7, 11) is 0. The summed E-state index contributed by atoms with van der Waals surface area (Å²) in [6.45, 7) is 0. The van der Waals surface area contributed by atoms with Crippen molar-refractivity contribution in [2.24, 2.45) is 0 Å². The number of hydrogen-bond donors (Lipinski definition) is 1. The Kier molecular flexibility index (Phi) is 3.84. The summed E-state index contributed by atoms with van der Waals surface area (Å²) in [5.41, 5.74) is 0.577. The average Bonchev–Trinajstić information content (AvgIpc) is 2.43. The first kappa shape index (κ1) is 12.7. The average molecular weight is 255 g/mol. The quantitative estimate of drug-likeness (QED) is 0.916. The summed E-state index contributed by atoms with van der Waals surface area (Å²) in [6.07, 6.45) is 2.36. The van der Waals surface area contributed by atoms with Gasteiger partial charge in [-0.1, -0.05) is 30.3 Å². The Hall–Kier alpha value is -2.74. The van der Waals surface area contributed by atoms with E-state index in [0.717, 1.165) is 6.20 Å². The molecule has 0 radical (unpaired) electrons. The molecule has 0 spiro atoms. The summed E-state index contributed by atoms with van der Waals surface area (Å²) < 4.78 is 13.4. The van der Waals surface area contributed by atoms with E-state index in [4.69, 9.17) is 5.26 Å². The van der Waals surface area contributed by atoms with Gasteiger partial charge in [0.1, 0.15) is 0 Å². The van der Waals surface area contributed by atoms with Gasteiger partial charge >= 0.3 is 0 Å². The Morgan fingerprint density at radius 2 is 2.05 bits per heavy atom. The maximum atomic E-state index is 13.4. The van der Waals surface area contributed by atoms with Crippen LogP contribution in [0.25, 0.3) is 0 Å². The number of carbonyl (C=O) groups is 1. The molecule has 0 aliphatic heterocycles. The number of halogens is 1. The van der Waals surface area contributed by atoms with Crippen LogP contribution in [-0.4, -0.2) is 10.9 Å². The highest BCUT2D eigenvalue weighted by Gasteiger charge is 2.20. The first-order valence-electron chi connectivity index (χ1n) is 5.57. The molecule has 2 rings (SSSR count). The predicted molar refractivity (Wildman–Crippen MR) is 67.6 cm³/mol. The molecule has 2 aromatic rings. The van der Waals surface area contributed by atoms with E-state index in [1.807, 2.05) is 6.07 Å². The van der Waals surface area contributed by atoms with Gasteiger partial charge in [-0.3, -0.25) is 9.78 Å². The minimum atomic E-state index is -0.978. The number of rotatable bonds is 3. The van der Waals surface area contributed by atoms with Gasteiger partial charge in [0.05, 0.1) is 18.0 Å². The molecule has 0 aliphatic carbocycles. The zero-order valence-electron chi connectivity index (χ0n) is 9.88. The molecule has 5 heteroatoms. The fourth-order valence-corrected chi connectivity index (χ4v) is 1.61. The van der Waals surface area contributed by atoms with Crippen LogP contribution in [0.3, 0.4) is 0 Å². The maximum Gasteiger partial charge on any atom is 0.246 e. The monoisotopic (exact) mass is 255 g/mol. The van der Waals surface area contributed by atoms with Gasteiger partial charge in [-0.25, -0.2) is 4.39 Å². The second kappa shape index (κ2) is 5.74. The molecular formula is C14H10FN3O. The minimum absolute atomic E-state index is 0.0104. The van der Waals surface area contributed by atoms with Crippen molar-refractivity contribution >= 4 is 11.6 Å². The summed E-state index contributed by atoms with van der Waals surface area (Å²) in [5, 5.41) is 11.5. The fourth-order valence-electron chi connectivity index (χ4n) is 1.61. The van der Waals surface area contributed by atoms with E-state index in [1.165, 1.54) is 12.3 Å². The Bertz CT molecular complexity index is 622. The lowest BCUT2D eigenvalue weighted by atomic mass is 10.00. The molecule has 0 fully saturated rings. The van der Waals surface area contributed by atoms with E-state index in [1.54, 1.807) is 30.3 Å². The van der Waals surface area contributed by atoms with Gasteiger partial charge in [-0.05, 0) is 11.6 Å². The van der Waals surface area contributed by atoms with Gasteiger partial charge in [0.2, 0.25) is 5.91 Å². The summed E-state index contributed by atoms with van der Waals surface area (Å²) >= 11 is 0. The predicted octanol–water partition coefficient (Wildman–Crippen LogP) is 2.47. The van der Waals surface area contributed by atoms with Crippen LogP contribution in [-0.2, 0) is 4.79 Å². The molecule has 1 unspecified atom stereocenters. The molecule has 1 heterocycles. The van der Waals surface area contributed by atoms with Crippen molar-refractivity contribution in [1.82, 2.24) is 4.98 Å². The second-order valence-corrected chi connectivity index (χ2v) is 3.82. The van der Waals surface area contributed by atoms with Crippen LogP contribution in [0.5, 0.6) is 0 Å². The smallest absolute Gasteiger partial charge is 0.246 e. The first-order chi connectivity index (χ1) is 9.22. The molecule has 0 aliphatic rings. The third kappa shape index (κ3) is 2.93. The Morgan fingerprint density at radius 1 is 1.32 bits per heavy atom. The first-order valence-corrected chi connectivity index (χ1v) is 5.57. The zero-order chi connectivity index (χ0) is 13.7. The molecule has 94 valence electrons. The van der Waals surface area contributed by atoms with E-state index >= 15 is 0 Å². The van der Waals surface area contributed by atoms with Crippen molar-refractivity contribution in [3.05, 3.63) is 60.2 Å². The van der Waals surface area contributed by atoms with Gasteiger partial charge < -0.3 is 5.32 Å². The number of aromatic nitrogens is 1. The Balaban J connectivity index is 2.20. The SMILES string of the molecule is N#CC(C(=O)Nc1ccncc1F)c1ccccc1. The molecule has 4 nitrogen and oxygen atoms in total. The molecule has 1 aromatic heterocycles. The summed E-state index contributed by atoms with van der Waals surface area (Å²) in [6, 6.07) is 11.9. The topological polar surface area (TPSA) is 65.8 Å². The van der Waals surface area contributed by atoms with E-state index in [2.05, 4.69) is 10.3 Å². The molecule has 19 heavy (non-hydrogen) atoms. The lowest BCUT2D eigenvalue weighted by Gasteiger charge is -2.10. The number of hydrogen-bond acceptors (Lipinski definition) is 3. The van der Waals surface area contributed by atoms with Gasteiger partial charge in [0.25, 0.3) is 0 Å². The lowest BCUT2D eigenvalue weighted by molar-refractivity contribution is -0.116. The third-order valence-corrected chi connectivity index (χ3v) is 2.55. The number of benzene rings is 1. The van der Waals surface area contributed by atoms with E-state index < -0.39 is 17.6 Å². The molecule has 0 saturated carbocycles. The zero-order valence-corrected chi connectivity index (χ0v) is 9.88. The van der Waals surface area contributed by atoms with Gasteiger partial charge in [0.15, 0.2) is 11.7 Å². The number of pyridine rings is 1. The normalized spacial score (nSPS) is 11.4. The van der Waals surface area contributed by atoms with Crippen molar-refractivity contribution in [2.45, 2.75) is 5.92 Å². The standard InChI is InChI=1S/C14H10FN3O/c15-12-9-17-7-6-13(12)18-14(19)11(8-16)10-4-2-1-3-5-10/h1-7,9,11H,(H,17,18,19). The number of anilines is 1. The van der Waals surface area contributed by atoms with Crippen LogP contribution in [0.15, 0.2) is 48.8 Å². The number of amides is 1. The van der Waals surface area contributed by atoms with Crippen LogP contribution in [0.1, 0.15) is 11.5 Å². The van der Waals surface area contributed by atoms with E-state index in [-0.39, 0.29) is 5.69 Å². The van der Waals surface area contributed by atoms with Crippen molar-refractivity contribution in [1.29, 1.82) is 5.26 Å². The van der Waals surface area contributed by atoms with Crippen LogP contribution < -0.4 is 5.32 Å². The second-order valence-electron chi connectivity index (χ2n) is 3.82. The van der Waals surface area contributed by atoms with Gasteiger partial charge in [-0.15, -0.1) is 0 Å². The van der Waals surface area contributed by atoms with Crippen molar-refractivity contribution < 1.29 is 9.18 Å². The molecule has 1 N–H and O–H groups in total. The lowest BCUT2D eigenvalue weighted by Crippen LogP contribution is -2.20. The largest absolute Gasteiger partial charge is 0.322 e. The molecule has 1 atom stereocenters. The Morgan fingerprint density at radius 3 is 2.68 bits per heavy atom. The van der Waals surface area contributed by atoms with E-state index in [9.17, 15) is 9.18 Å². The number of carbonyl (C=O) groups excluding carboxylic acids is 1. The number of nitrogens with one attached hydrogen (secondary N) is 1. The third-order valence-electron chi connectivity index (χ3n) is 2.55. The Labute approximate surface area is 109 Å². The van der Waals surface area contributed by atoms with Crippen LogP contribution in [0, 0.1) is 17.1 Å². The highest BCUT2D eigenvalue weighted by atomic mass is 19.1. The van der Waals surface area contributed by atoms with Crippen molar-refractivity contribution in [3.8, 4) is 6.07 Å². The van der Waals surface area contributed by atoms with E-state index in [0.29, 0.717) is 5.56 Å². The number of nitriles is 1. The van der Waals surface area contributed by atoms with Gasteiger partial charge in [0, 0.05) is 6.20 Å². The van der Waals surface area contributed by atoms with Crippen molar-refractivity contribution in [3.63, 3.8) is 0 Å². The van der Waals surface area contributed by atoms with Crippen LogP contribution in [0.4, 0.5) is 10.1 Å². The van der Waals surface area contributed by atoms with Crippen LogP contribution in [0.2, 0.25) is 0 Å². The fraction of sp³-hybridized carbons (Fsp3) is 0.0714. The highest BCUT2D eigenvalue weighted by molar-refractivity contribution is 5.97. The molecule has 0 bridgehead atoms. The van der Waals surface area contributed by atoms with Gasteiger partial charge in [-0.2, -0.15) is 5.26 Å². The minimum Gasteiger partial charge on any atom is -0.322 e. The van der Waals surface area contributed by atoms with Crippen LogP contribution >= 0.6 is 0 Å². The molecule has 1 aromatic carbocycles. The summed E-state index contributed by atoms with van der Waals surface area (Å²) in [4.78, 5) is 15.6. The maximum absolute atomic E-state index is 13.4. The molecule has 0 saturated heterocycles. The molecular weight excluding hydrogens is 245 g/mol. The number of nitrogens with zero attached hydrogens (tertiary/aromatic N) is 2. The summed E-state index contributed by atoms with van der Waals surface area (Å²) in [5.74, 6) is -2.19. The van der Waals surface area contributed by atoms with Crippen molar-refractivity contribution in [2.75, 3.05) is 5.32 Å². The molecule has 1 amide bonds.